The number of aromatic carboxylic acids is 1. The zero-order valence-electron chi connectivity index (χ0n) is 16.1. The fraction of sp³-hybridized carbons (Fsp3) is 0.476. The standard InChI is InChI=1S/C21H24BrN3O3/c1-11-15-8-13(21(15,2)3)9-16(11)24-17-10-23-25(19(26)18(17)22)14-6-4-12(5-7-14)20(27)28/h4-7,10-11,13,15-16,24H,8-9H2,1-3H3,(H,27,28)/t11-,13+,15+,16+/m0/s1. The predicted molar refractivity (Wildman–Crippen MR) is 111 cm³/mol. The van der Waals surface area contributed by atoms with Crippen LogP contribution in [-0.2, 0) is 0 Å². The van der Waals surface area contributed by atoms with Crippen LogP contribution in [-0.4, -0.2) is 26.9 Å². The maximum atomic E-state index is 12.8. The Labute approximate surface area is 172 Å². The molecule has 1 aromatic carbocycles. The molecule has 3 aliphatic carbocycles. The third kappa shape index (κ3) is 2.96. The first-order chi connectivity index (χ1) is 13.2. The van der Waals surface area contributed by atoms with Crippen LogP contribution < -0.4 is 10.9 Å². The summed E-state index contributed by atoms with van der Waals surface area (Å²) in [6.07, 6.45) is 4.07. The van der Waals surface area contributed by atoms with Gasteiger partial charge in [-0.25, -0.2) is 4.79 Å². The lowest BCUT2D eigenvalue weighted by molar-refractivity contribution is -0.105. The molecule has 1 heterocycles. The molecule has 3 aliphatic rings. The van der Waals surface area contributed by atoms with Crippen LogP contribution in [0.25, 0.3) is 5.69 Å². The largest absolute Gasteiger partial charge is 0.478 e. The molecule has 3 saturated carbocycles. The zero-order valence-corrected chi connectivity index (χ0v) is 17.7. The Morgan fingerprint density at radius 1 is 1.29 bits per heavy atom. The highest BCUT2D eigenvalue weighted by Gasteiger charge is 2.56. The maximum Gasteiger partial charge on any atom is 0.335 e. The quantitative estimate of drug-likeness (QED) is 0.737. The molecule has 2 N–H and O–H groups in total. The van der Waals surface area contributed by atoms with Gasteiger partial charge in [0.2, 0.25) is 0 Å². The number of nitrogens with one attached hydrogen (secondary N) is 1. The number of carboxylic acid groups (broad SMARTS) is 1. The molecule has 28 heavy (non-hydrogen) atoms. The van der Waals surface area contributed by atoms with Gasteiger partial charge < -0.3 is 10.4 Å². The number of rotatable bonds is 4. The van der Waals surface area contributed by atoms with Crippen LogP contribution in [0.3, 0.4) is 0 Å². The van der Waals surface area contributed by atoms with Crippen molar-refractivity contribution in [1.29, 1.82) is 0 Å². The van der Waals surface area contributed by atoms with Crippen molar-refractivity contribution in [3.05, 3.63) is 50.9 Å². The van der Waals surface area contributed by atoms with Crippen LogP contribution in [0.4, 0.5) is 5.69 Å². The third-order valence-electron chi connectivity index (χ3n) is 6.97. The monoisotopic (exact) mass is 445 g/mol. The lowest BCUT2D eigenvalue weighted by Gasteiger charge is -2.62. The molecule has 0 saturated heterocycles. The SMILES string of the molecule is C[C@H]1[C@H]2C[C@H](C[C@H]1Nc1cnn(-c3ccc(C(=O)O)cc3)c(=O)c1Br)C2(C)C. The number of carboxylic acids is 1. The number of hydrogen-bond acceptors (Lipinski definition) is 4. The Balaban J connectivity index is 1.57. The van der Waals surface area contributed by atoms with E-state index in [2.05, 4.69) is 47.1 Å². The summed E-state index contributed by atoms with van der Waals surface area (Å²) >= 11 is 3.43. The fourth-order valence-corrected chi connectivity index (χ4v) is 5.39. The van der Waals surface area contributed by atoms with E-state index < -0.39 is 5.97 Å². The van der Waals surface area contributed by atoms with Gasteiger partial charge in [0.1, 0.15) is 4.47 Å². The van der Waals surface area contributed by atoms with Crippen molar-refractivity contribution >= 4 is 27.6 Å². The molecule has 1 aromatic heterocycles. The molecule has 5 rings (SSSR count). The van der Waals surface area contributed by atoms with Crippen LogP contribution in [0, 0.1) is 23.2 Å². The second kappa shape index (κ2) is 6.72. The first kappa shape index (κ1) is 19.2. The van der Waals surface area contributed by atoms with E-state index in [0.29, 0.717) is 39.1 Å². The highest BCUT2D eigenvalue weighted by atomic mass is 79.9. The Kier molecular flexibility index (Phi) is 4.61. The summed E-state index contributed by atoms with van der Waals surface area (Å²) < 4.78 is 1.71. The number of benzene rings is 1. The number of aromatic nitrogens is 2. The van der Waals surface area contributed by atoms with Gasteiger partial charge in [0.15, 0.2) is 0 Å². The van der Waals surface area contributed by atoms with Crippen LogP contribution in [0.5, 0.6) is 0 Å². The number of nitrogens with zero attached hydrogens (tertiary/aromatic N) is 2. The van der Waals surface area contributed by atoms with E-state index in [4.69, 9.17) is 5.11 Å². The molecule has 3 fully saturated rings. The van der Waals surface area contributed by atoms with E-state index in [9.17, 15) is 9.59 Å². The minimum atomic E-state index is -1.00. The van der Waals surface area contributed by atoms with Crippen LogP contribution in [0.1, 0.15) is 44.0 Å². The molecule has 2 bridgehead atoms. The third-order valence-corrected chi connectivity index (χ3v) is 7.74. The molecule has 0 radical (unpaired) electrons. The van der Waals surface area contributed by atoms with E-state index in [1.807, 2.05) is 0 Å². The summed E-state index contributed by atoms with van der Waals surface area (Å²) in [6.45, 7) is 7.03. The molecule has 2 aromatic rings. The topological polar surface area (TPSA) is 84.2 Å². The molecule has 0 unspecified atom stereocenters. The number of hydrogen-bond donors (Lipinski definition) is 2. The number of fused-ring (bicyclic) bond motifs is 2. The number of anilines is 1. The van der Waals surface area contributed by atoms with E-state index in [1.165, 1.54) is 23.2 Å². The minimum absolute atomic E-state index is 0.168. The highest BCUT2D eigenvalue weighted by Crippen LogP contribution is 2.61. The zero-order chi connectivity index (χ0) is 20.2. The van der Waals surface area contributed by atoms with Crippen LogP contribution in [0.2, 0.25) is 0 Å². The van der Waals surface area contributed by atoms with Gasteiger partial charge in [-0.3, -0.25) is 4.79 Å². The molecule has 0 aliphatic heterocycles. The van der Waals surface area contributed by atoms with Gasteiger partial charge in [0.25, 0.3) is 5.56 Å². The van der Waals surface area contributed by atoms with E-state index in [1.54, 1.807) is 18.3 Å². The van der Waals surface area contributed by atoms with Crippen molar-refractivity contribution in [2.24, 2.45) is 23.2 Å². The molecule has 0 spiro atoms. The van der Waals surface area contributed by atoms with Crippen molar-refractivity contribution in [2.45, 2.75) is 39.7 Å². The second-order valence-electron chi connectivity index (χ2n) is 8.65. The summed E-state index contributed by atoms with van der Waals surface area (Å²) in [5, 5.41) is 16.9. The summed E-state index contributed by atoms with van der Waals surface area (Å²) in [6, 6.07) is 6.42. The van der Waals surface area contributed by atoms with Crippen molar-refractivity contribution in [3.63, 3.8) is 0 Å². The highest BCUT2D eigenvalue weighted by molar-refractivity contribution is 9.10. The fourth-order valence-electron chi connectivity index (χ4n) is 5.00. The van der Waals surface area contributed by atoms with Crippen molar-refractivity contribution in [1.82, 2.24) is 9.78 Å². The Morgan fingerprint density at radius 3 is 2.54 bits per heavy atom. The predicted octanol–water partition coefficient (Wildman–Crippen LogP) is 4.18. The van der Waals surface area contributed by atoms with Gasteiger partial charge in [0.05, 0.1) is 23.1 Å². The maximum absolute atomic E-state index is 12.8. The number of carbonyl (C=O) groups is 1. The Hall–Kier alpha value is -2.15. The van der Waals surface area contributed by atoms with Gasteiger partial charge in [-0.2, -0.15) is 9.78 Å². The second-order valence-corrected chi connectivity index (χ2v) is 9.44. The molecule has 7 heteroatoms. The molecular formula is C21H24BrN3O3. The van der Waals surface area contributed by atoms with Gasteiger partial charge >= 0.3 is 5.97 Å². The normalized spacial score (nSPS) is 27.7. The lowest BCUT2D eigenvalue weighted by atomic mass is 9.45. The van der Waals surface area contributed by atoms with Gasteiger partial charge in [-0.1, -0.05) is 20.8 Å². The van der Waals surface area contributed by atoms with E-state index in [0.717, 1.165) is 12.3 Å². The van der Waals surface area contributed by atoms with Crippen LogP contribution >= 0.6 is 15.9 Å². The smallest absolute Gasteiger partial charge is 0.335 e. The average molecular weight is 446 g/mol. The molecule has 148 valence electrons. The molecular weight excluding hydrogens is 422 g/mol. The van der Waals surface area contributed by atoms with Crippen molar-refractivity contribution < 1.29 is 9.90 Å². The molecule has 6 nitrogen and oxygen atoms in total. The van der Waals surface area contributed by atoms with Gasteiger partial charge in [0, 0.05) is 6.04 Å². The van der Waals surface area contributed by atoms with E-state index in [-0.39, 0.29) is 11.1 Å². The summed E-state index contributed by atoms with van der Waals surface area (Å²) in [5.41, 5.74) is 1.54. The molecule has 4 atom stereocenters. The van der Waals surface area contributed by atoms with E-state index >= 15 is 0 Å². The summed E-state index contributed by atoms with van der Waals surface area (Å²) in [7, 11) is 0. The average Bonchev–Trinajstić information content (AvgIpc) is 2.66. The van der Waals surface area contributed by atoms with Crippen LogP contribution in [0.15, 0.2) is 39.7 Å². The first-order valence-electron chi connectivity index (χ1n) is 9.58. The van der Waals surface area contributed by atoms with Crippen molar-refractivity contribution in [3.8, 4) is 5.69 Å². The van der Waals surface area contributed by atoms with Gasteiger partial charge in [-0.05, 0) is 76.2 Å². The summed E-state index contributed by atoms with van der Waals surface area (Å²) in [5.74, 6) is 0.975. The Morgan fingerprint density at radius 2 is 1.96 bits per heavy atom. The van der Waals surface area contributed by atoms with Gasteiger partial charge in [-0.15, -0.1) is 0 Å². The lowest BCUT2D eigenvalue weighted by Crippen LogP contribution is -2.58. The molecule has 0 amide bonds. The first-order valence-corrected chi connectivity index (χ1v) is 10.4. The minimum Gasteiger partial charge on any atom is -0.478 e. The number of halogens is 1. The van der Waals surface area contributed by atoms with Crippen molar-refractivity contribution in [2.75, 3.05) is 5.32 Å². The summed E-state index contributed by atoms with van der Waals surface area (Å²) in [4.78, 5) is 23.8. The Bertz CT molecular complexity index is 983.